The Morgan fingerprint density at radius 3 is 2.54 bits per heavy atom. The highest BCUT2D eigenvalue weighted by molar-refractivity contribution is 5.53. The van der Waals surface area contributed by atoms with Gasteiger partial charge in [-0.3, -0.25) is 0 Å². The molecule has 1 N–H and O–H groups in total. The lowest BCUT2D eigenvalue weighted by Gasteiger charge is -2.35. The second-order valence-electron chi connectivity index (χ2n) is 6.56. The molecule has 2 aromatic rings. The number of nitrogens with zero attached hydrogens (tertiary/aromatic N) is 2. The van der Waals surface area contributed by atoms with Crippen LogP contribution in [0.25, 0.3) is 0 Å². The van der Waals surface area contributed by atoms with Crippen LogP contribution < -0.4 is 9.64 Å². The van der Waals surface area contributed by atoms with Crippen molar-refractivity contribution >= 4 is 5.82 Å². The number of benzene rings is 1. The molecule has 1 aliphatic rings. The van der Waals surface area contributed by atoms with E-state index in [-0.39, 0.29) is 6.10 Å². The summed E-state index contributed by atoms with van der Waals surface area (Å²) in [5.41, 5.74) is 2.20. The van der Waals surface area contributed by atoms with Crippen LogP contribution in [0.1, 0.15) is 24.1 Å². The molecule has 0 radical (unpaired) electrons. The van der Waals surface area contributed by atoms with Gasteiger partial charge in [0.2, 0.25) is 0 Å². The lowest BCUT2D eigenvalue weighted by atomic mass is 9.88. The highest BCUT2D eigenvalue weighted by Gasteiger charge is 2.27. The quantitative estimate of drug-likeness (QED) is 0.916. The maximum atomic E-state index is 10.6. The zero-order valence-corrected chi connectivity index (χ0v) is 14.5. The number of aryl methyl sites for hydroxylation is 1. The van der Waals surface area contributed by atoms with Crippen molar-refractivity contribution in [3.05, 3.63) is 53.7 Å². The second-order valence-corrected chi connectivity index (χ2v) is 6.56. The molecule has 24 heavy (non-hydrogen) atoms. The van der Waals surface area contributed by atoms with E-state index in [1.165, 1.54) is 5.56 Å². The van der Waals surface area contributed by atoms with Gasteiger partial charge in [-0.1, -0.05) is 30.3 Å². The normalized spacial score (nSPS) is 16.9. The molecule has 0 saturated carbocycles. The van der Waals surface area contributed by atoms with Gasteiger partial charge in [0.15, 0.2) is 11.6 Å². The lowest BCUT2D eigenvalue weighted by molar-refractivity contribution is 0.0928. The van der Waals surface area contributed by atoms with Crippen molar-refractivity contribution in [1.82, 2.24) is 4.98 Å². The van der Waals surface area contributed by atoms with E-state index < -0.39 is 0 Å². The first-order chi connectivity index (χ1) is 11.7. The van der Waals surface area contributed by atoms with Gasteiger partial charge in [-0.05, 0) is 49.8 Å². The third kappa shape index (κ3) is 3.88. The summed E-state index contributed by atoms with van der Waals surface area (Å²) in [6, 6.07) is 14.2. The van der Waals surface area contributed by atoms with E-state index in [1.807, 2.05) is 37.3 Å². The van der Waals surface area contributed by atoms with Crippen molar-refractivity contribution in [2.24, 2.45) is 5.92 Å². The molecule has 2 heterocycles. The first-order valence-electron chi connectivity index (χ1n) is 8.66. The minimum atomic E-state index is -0.276. The third-order valence-corrected chi connectivity index (χ3v) is 4.87. The highest BCUT2D eigenvalue weighted by Crippen LogP contribution is 2.31. The van der Waals surface area contributed by atoms with Gasteiger partial charge in [-0.25, -0.2) is 4.98 Å². The molecule has 1 fully saturated rings. The molecule has 1 aromatic carbocycles. The topological polar surface area (TPSA) is 45.6 Å². The molecule has 1 aliphatic heterocycles. The van der Waals surface area contributed by atoms with Crippen LogP contribution in [-0.4, -0.2) is 36.4 Å². The summed E-state index contributed by atoms with van der Waals surface area (Å²) in [7, 11) is 1.69. The Labute approximate surface area is 144 Å². The molecule has 0 spiro atoms. The van der Waals surface area contributed by atoms with Crippen molar-refractivity contribution in [3.63, 3.8) is 0 Å². The Bertz CT molecular complexity index is 652. The fourth-order valence-electron chi connectivity index (χ4n) is 3.43. The molecule has 1 saturated heterocycles. The van der Waals surface area contributed by atoms with Crippen LogP contribution in [0.5, 0.6) is 5.75 Å². The minimum absolute atomic E-state index is 0.276. The Morgan fingerprint density at radius 1 is 1.17 bits per heavy atom. The van der Waals surface area contributed by atoms with E-state index in [1.54, 1.807) is 7.11 Å². The van der Waals surface area contributed by atoms with Gasteiger partial charge in [-0.2, -0.15) is 0 Å². The van der Waals surface area contributed by atoms with Crippen molar-refractivity contribution in [2.75, 3.05) is 25.1 Å². The smallest absolute Gasteiger partial charge is 0.171 e. The van der Waals surface area contributed by atoms with Gasteiger partial charge >= 0.3 is 0 Å². The van der Waals surface area contributed by atoms with Gasteiger partial charge in [0.05, 0.1) is 13.2 Å². The predicted molar refractivity (Wildman–Crippen MR) is 96.6 cm³/mol. The summed E-state index contributed by atoms with van der Waals surface area (Å²) in [4.78, 5) is 6.92. The number of hydrogen-bond acceptors (Lipinski definition) is 4. The summed E-state index contributed by atoms with van der Waals surface area (Å²) in [5, 5.41) is 10.6. The predicted octanol–water partition coefficient (Wildman–Crippen LogP) is 3.22. The van der Waals surface area contributed by atoms with Crippen molar-refractivity contribution < 1.29 is 9.84 Å². The number of hydrogen-bond donors (Lipinski definition) is 1. The molecule has 1 atom stereocenters. The van der Waals surface area contributed by atoms with Gasteiger partial charge in [0, 0.05) is 18.8 Å². The molecule has 1 aromatic heterocycles. The maximum absolute atomic E-state index is 10.6. The van der Waals surface area contributed by atoms with Crippen LogP contribution in [-0.2, 0) is 6.42 Å². The van der Waals surface area contributed by atoms with Crippen molar-refractivity contribution in [1.29, 1.82) is 0 Å². The van der Waals surface area contributed by atoms with Crippen LogP contribution in [0.3, 0.4) is 0 Å². The van der Waals surface area contributed by atoms with Gasteiger partial charge in [-0.15, -0.1) is 0 Å². The van der Waals surface area contributed by atoms with E-state index in [2.05, 4.69) is 22.0 Å². The molecular weight excluding hydrogens is 300 g/mol. The third-order valence-electron chi connectivity index (χ3n) is 4.87. The summed E-state index contributed by atoms with van der Waals surface area (Å²) >= 11 is 0. The largest absolute Gasteiger partial charge is 0.493 e. The first-order valence-corrected chi connectivity index (χ1v) is 8.66. The molecule has 4 heteroatoms. The summed E-state index contributed by atoms with van der Waals surface area (Å²) in [5.74, 6) is 2.09. The average Bonchev–Trinajstić information content (AvgIpc) is 2.62. The lowest BCUT2D eigenvalue weighted by Crippen LogP contribution is -2.39. The fraction of sp³-hybridized carbons (Fsp3) is 0.450. The second kappa shape index (κ2) is 7.67. The molecule has 128 valence electrons. The zero-order chi connectivity index (χ0) is 16.9. The van der Waals surface area contributed by atoms with E-state index in [9.17, 15) is 5.11 Å². The van der Waals surface area contributed by atoms with E-state index in [0.717, 1.165) is 49.6 Å². The van der Waals surface area contributed by atoms with E-state index in [0.29, 0.717) is 5.92 Å². The van der Waals surface area contributed by atoms with E-state index >= 15 is 0 Å². The SMILES string of the molecule is COc1ccc(C)nc1N1CCC(C(O)Cc2ccccc2)CC1. The fourth-order valence-corrected chi connectivity index (χ4v) is 3.43. The number of methoxy groups -OCH3 is 1. The van der Waals surface area contributed by atoms with Crippen LogP contribution in [0, 0.1) is 12.8 Å². The number of aromatic nitrogens is 1. The Morgan fingerprint density at radius 2 is 1.88 bits per heavy atom. The van der Waals surface area contributed by atoms with Gasteiger partial charge in [0.1, 0.15) is 0 Å². The van der Waals surface area contributed by atoms with Crippen LogP contribution >= 0.6 is 0 Å². The maximum Gasteiger partial charge on any atom is 0.171 e. The van der Waals surface area contributed by atoms with Crippen molar-refractivity contribution in [2.45, 2.75) is 32.3 Å². The number of rotatable bonds is 5. The van der Waals surface area contributed by atoms with Crippen LogP contribution in [0.4, 0.5) is 5.82 Å². The zero-order valence-electron chi connectivity index (χ0n) is 14.5. The molecule has 3 rings (SSSR count). The molecular formula is C20H26N2O2. The number of anilines is 1. The van der Waals surface area contributed by atoms with Gasteiger partial charge < -0.3 is 14.7 Å². The number of aliphatic hydroxyl groups is 1. The summed E-state index contributed by atoms with van der Waals surface area (Å²) in [6.07, 6.45) is 2.42. The number of piperidine rings is 1. The average molecular weight is 326 g/mol. The Balaban J connectivity index is 1.60. The Hall–Kier alpha value is -2.07. The van der Waals surface area contributed by atoms with E-state index in [4.69, 9.17) is 4.74 Å². The number of aliphatic hydroxyl groups excluding tert-OH is 1. The van der Waals surface area contributed by atoms with Gasteiger partial charge in [0.25, 0.3) is 0 Å². The monoisotopic (exact) mass is 326 g/mol. The molecule has 0 amide bonds. The van der Waals surface area contributed by atoms with Crippen molar-refractivity contribution in [3.8, 4) is 5.75 Å². The molecule has 0 aliphatic carbocycles. The number of ether oxygens (including phenoxy) is 1. The Kier molecular flexibility index (Phi) is 5.36. The first kappa shape index (κ1) is 16.8. The summed E-state index contributed by atoms with van der Waals surface area (Å²) in [6.45, 7) is 3.81. The number of pyridine rings is 1. The van der Waals surface area contributed by atoms with Crippen LogP contribution in [0.15, 0.2) is 42.5 Å². The molecule has 1 unspecified atom stereocenters. The summed E-state index contributed by atoms with van der Waals surface area (Å²) < 4.78 is 5.45. The molecule has 0 bridgehead atoms. The minimum Gasteiger partial charge on any atom is -0.493 e. The standard InChI is InChI=1S/C20H26N2O2/c1-15-8-9-19(24-2)20(21-15)22-12-10-17(11-13-22)18(23)14-16-6-4-3-5-7-16/h3-9,17-18,23H,10-14H2,1-2H3. The van der Waals surface area contributed by atoms with Crippen LogP contribution in [0.2, 0.25) is 0 Å². The highest BCUT2D eigenvalue weighted by atomic mass is 16.5. The molecule has 4 nitrogen and oxygen atoms in total.